The molecule has 0 spiro atoms. The summed E-state index contributed by atoms with van der Waals surface area (Å²) in [6.45, 7) is 0.429. The molecular formula is C16H18ClNO4S. The number of carbonyl (C=O) groups excluding carboxylic acids is 1. The van der Waals surface area contributed by atoms with Crippen molar-refractivity contribution in [3.63, 3.8) is 0 Å². The van der Waals surface area contributed by atoms with E-state index < -0.39 is 15.9 Å². The van der Waals surface area contributed by atoms with Crippen molar-refractivity contribution in [1.29, 1.82) is 0 Å². The zero-order valence-electron chi connectivity index (χ0n) is 12.5. The Bertz CT molecular complexity index is 773. The molecule has 7 heteroatoms. The topological polar surface area (TPSA) is 72.5 Å². The van der Waals surface area contributed by atoms with Crippen molar-refractivity contribution < 1.29 is 17.9 Å². The van der Waals surface area contributed by atoms with E-state index in [0.717, 1.165) is 24.8 Å². The van der Waals surface area contributed by atoms with E-state index in [1.807, 2.05) is 0 Å². The van der Waals surface area contributed by atoms with E-state index in [2.05, 4.69) is 4.72 Å². The van der Waals surface area contributed by atoms with Crippen LogP contribution in [0.5, 0.6) is 5.75 Å². The number of rotatable bonds is 4. The minimum Gasteiger partial charge on any atom is -0.492 e. The van der Waals surface area contributed by atoms with Crippen LogP contribution in [0, 0.1) is 17.8 Å². The number of halogens is 1. The fraction of sp³-hybridized carbons (Fsp3) is 0.562. The highest BCUT2D eigenvalue weighted by molar-refractivity contribution is 7.90. The summed E-state index contributed by atoms with van der Waals surface area (Å²) in [6.07, 6.45) is 4.97. The highest BCUT2D eigenvalue weighted by Gasteiger charge is 2.49. The first-order valence-corrected chi connectivity index (χ1v) is 9.84. The molecule has 1 aliphatic heterocycles. The van der Waals surface area contributed by atoms with E-state index in [1.165, 1.54) is 12.5 Å². The first-order valence-electron chi connectivity index (χ1n) is 7.97. The Morgan fingerprint density at radius 2 is 2.09 bits per heavy atom. The van der Waals surface area contributed by atoms with Crippen LogP contribution in [0.25, 0.3) is 0 Å². The summed E-state index contributed by atoms with van der Waals surface area (Å²) in [4.78, 5) is 12.2. The highest BCUT2D eigenvalue weighted by atomic mass is 35.5. The molecule has 1 N–H and O–H groups in total. The van der Waals surface area contributed by atoms with Gasteiger partial charge in [0.25, 0.3) is 10.0 Å². The second-order valence-corrected chi connectivity index (χ2v) is 8.74. The van der Waals surface area contributed by atoms with Gasteiger partial charge in [0.15, 0.2) is 0 Å². The Kier molecular flexibility index (Phi) is 3.57. The average Bonchev–Trinajstić information content (AvgIpc) is 3.04. The second kappa shape index (κ2) is 5.38. The molecule has 2 aliphatic carbocycles. The van der Waals surface area contributed by atoms with Gasteiger partial charge in [-0.05, 0) is 30.4 Å². The molecule has 1 heterocycles. The first kappa shape index (κ1) is 15.3. The van der Waals surface area contributed by atoms with Crippen molar-refractivity contribution in [3.05, 3.63) is 22.7 Å². The molecule has 0 radical (unpaired) electrons. The van der Waals surface area contributed by atoms with Gasteiger partial charge in [-0.25, -0.2) is 13.1 Å². The van der Waals surface area contributed by atoms with Crippen molar-refractivity contribution >= 4 is 27.5 Å². The molecule has 0 saturated heterocycles. The van der Waals surface area contributed by atoms with E-state index in [9.17, 15) is 13.2 Å². The summed E-state index contributed by atoms with van der Waals surface area (Å²) in [6, 6.07) is 3.05. The van der Waals surface area contributed by atoms with Crippen LogP contribution < -0.4 is 9.46 Å². The van der Waals surface area contributed by atoms with Gasteiger partial charge in [0.05, 0.1) is 6.61 Å². The van der Waals surface area contributed by atoms with E-state index in [-0.39, 0.29) is 10.8 Å². The lowest BCUT2D eigenvalue weighted by molar-refractivity contribution is -0.121. The summed E-state index contributed by atoms with van der Waals surface area (Å²) in [5.74, 6) is 0.727. The number of sulfonamides is 1. The van der Waals surface area contributed by atoms with Crippen LogP contribution in [0.4, 0.5) is 0 Å². The van der Waals surface area contributed by atoms with Crippen molar-refractivity contribution in [3.8, 4) is 5.75 Å². The largest absolute Gasteiger partial charge is 0.492 e. The van der Waals surface area contributed by atoms with Gasteiger partial charge < -0.3 is 4.74 Å². The van der Waals surface area contributed by atoms with Crippen LogP contribution in [0.1, 0.15) is 31.2 Å². The van der Waals surface area contributed by atoms with E-state index in [0.29, 0.717) is 35.6 Å². The molecule has 0 unspecified atom stereocenters. The first-order chi connectivity index (χ1) is 11.0. The third-order valence-corrected chi connectivity index (χ3v) is 6.74. The van der Waals surface area contributed by atoms with E-state index in [4.69, 9.17) is 16.3 Å². The monoisotopic (exact) mass is 355 g/mol. The highest BCUT2D eigenvalue weighted by Crippen LogP contribution is 2.51. The SMILES string of the molecule is O=C(NS(=O)(=O)c1cc(Cl)cc2c1OCC2)[C@@H]1C[C@H]1C1CCC1. The second-order valence-electron chi connectivity index (χ2n) is 6.66. The predicted molar refractivity (Wildman–Crippen MR) is 84.9 cm³/mol. The molecule has 124 valence electrons. The lowest BCUT2D eigenvalue weighted by Gasteiger charge is -2.25. The van der Waals surface area contributed by atoms with Gasteiger partial charge in [-0.1, -0.05) is 30.9 Å². The quantitative estimate of drug-likeness (QED) is 0.900. The summed E-state index contributed by atoms with van der Waals surface area (Å²) < 4.78 is 32.8. The summed E-state index contributed by atoms with van der Waals surface area (Å²) >= 11 is 6.00. The smallest absolute Gasteiger partial charge is 0.267 e. The number of ether oxygens (including phenoxy) is 1. The molecule has 1 aromatic carbocycles. The Labute approximate surface area is 140 Å². The van der Waals surface area contributed by atoms with Crippen LogP contribution in [0.3, 0.4) is 0 Å². The van der Waals surface area contributed by atoms with Crippen LogP contribution in [0.2, 0.25) is 5.02 Å². The van der Waals surface area contributed by atoms with Gasteiger partial charge in [-0.3, -0.25) is 4.79 Å². The molecule has 2 saturated carbocycles. The van der Waals surface area contributed by atoms with Crippen LogP contribution in [-0.2, 0) is 21.2 Å². The maximum atomic E-state index is 12.6. The van der Waals surface area contributed by atoms with Crippen LogP contribution in [-0.4, -0.2) is 20.9 Å². The Morgan fingerprint density at radius 3 is 2.78 bits per heavy atom. The maximum absolute atomic E-state index is 12.6. The molecule has 2 fully saturated rings. The summed E-state index contributed by atoms with van der Waals surface area (Å²) in [5.41, 5.74) is 0.768. The molecule has 1 aromatic rings. The number of carbonyl (C=O) groups is 1. The molecule has 0 aromatic heterocycles. The van der Waals surface area contributed by atoms with Crippen molar-refractivity contribution in [2.75, 3.05) is 6.61 Å². The number of amides is 1. The fourth-order valence-corrected chi connectivity index (χ4v) is 5.15. The van der Waals surface area contributed by atoms with E-state index in [1.54, 1.807) is 6.07 Å². The van der Waals surface area contributed by atoms with Crippen molar-refractivity contribution in [1.82, 2.24) is 4.72 Å². The predicted octanol–water partition coefficient (Wildman–Crippen LogP) is 2.52. The van der Waals surface area contributed by atoms with Gasteiger partial charge in [-0.2, -0.15) is 0 Å². The molecule has 1 amide bonds. The summed E-state index contributed by atoms with van der Waals surface area (Å²) in [5, 5.41) is 0.334. The number of benzene rings is 1. The minimum atomic E-state index is -3.96. The lowest BCUT2D eigenvalue weighted by Crippen LogP contribution is -2.33. The molecule has 3 aliphatic rings. The van der Waals surface area contributed by atoms with Gasteiger partial charge in [0, 0.05) is 22.9 Å². The standard InChI is InChI=1S/C16H18ClNO4S/c17-11-6-10-4-5-22-15(10)14(7-11)23(20,21)18-16(19)13-8-12(13)9-2-1-3-9/h6-7,9,12-13H,1-5,8H2,(H,18,19)/t12-,13+/m0/s1. The number of nitrogens with one attached hydrogen (secondary N) is 1. The van der Waals surface area contributed by atoms with Crippen LogP contribution in [0.15, 0.2) is 17.0 Å². The molecule has 4 rings (SSSR count). The minimum absolute atomic E-state index is 0.0355. The van der Waals surface area contributed by atoms with Gasteiger partial charge in [0.1, 0.15) is 10.6 Å². The molecular weight excluding hydrogens is 338 g/mol. The van der Waals surface area contributed by atoms with Gasteiger partial charge in [-0.15, -0.1) is 0 Å². The third kappa shape index (κ3) is 2.72. The number of hydrogen-bond acceptors (Lipinski definition) is 4. The van der Waals surface area contributed by atoms with E-state index >= 15 is 0 Å². The third-order valence-electron chi connectivity index (χ3n) is 5.17. The van der Waals surface area contributed by atoms with Gasteiger partial charge in [0.2, 0.25) is 5.91 Å². The summed E-state index contributed by atoms with van der Waals surface area (Å²) in [7, 11) is -3.96. The Balaban J connectivity index is 1.53. The normalized spacial score (nSPS) is 26.1. The molecule has 2 atom stereocenters. The number of fused-ring (bicyclic) bond motifs is 1. The van der Waals surface area contributed by atoms with Crippen molar-refractivity contribution in [2.45, 2.75) is 37.0 Å². The molecule has 5 nitrogen and oxygen atoms in total. The van der Waals surface area contributed by atoms with Crippen LogP contribution >= 0.6 is 11.6 Å². The Morgan fingerprint density at radius 1 is 1.30 bits per heavy atom. The van der Waals surface area contributed by atoms with Gasteiger partial charge >= 0.3 is 0 Å². The molecule has 23 heavy (non-hydrogen) atoms. The lowest BCUT2D eigenvalue weighted by atomic mass is 9.81. The molecule has 0 bridgehead atoms. The Hall–Kier alpha value is -1.27. The van der Waals surface area contributed by atoms with Crippen molar-refractivity contribution in [2.24, 2.45) is 17.8 Å². The zero-order valence-corrected chi connectivity index (χ0v) is 14.1. The zero-order chi connectivity index (χ0) is 16.2. The maximum Gasteiger partial charge on any atom is 0.267 e. The average molecular weight is 356 g/mol. The fourth-order valence-electron chi connectivity index (χ4n) is 3.60. The number of hydrogen-bond donors (Lipinski definition) is 1.